The molecule has 9 heteroatoms. The third-order valence-electron chi connectivity index (χ3n) is 5.16. The van der Waals surface area contributed by atoms with Gasteiger partial charge in [0.25, 0.3) is 0 Å². The Morgan fingerprint density at radius 1 is 1.18 bits per heavy atom. The number of rotatable bonds is 8. The second-order valence-electron chi connectivity index (χ2n) is 7.31. The second kappa shape index (κ2) is 9.83. The summed E-state index contributed by atoms with van der Waals surface area (Å²) in [5, 5.41) is 5.51. The number of aromatic nitrogens is 3. The number of aryl methyl sites for hydroxylation is 1. The van der Waals surface area contributed by atoms with E-state index in [0.29, 0.717) is 28.6 Å². The first-order chi connectivity index (χ1) is 16.0. The summed E-state index contributed by atoms with van der Waals surface area (Å²) in [4.78, 5) is 21.8. The van der Waals surface area contributed by atoms with Gasteiger partial charge < -0.3 is 19.4 Å². The highest BCUT2D eigenvalue weighted by Gasteiger charge is 2.24. The fourth-order valence-corrected chi connectivity index (χ4v) is 4.33. The molecule has 0 fully saturated rings. The lowest BCUT2D eigenvalue weighted by atomic mass is 10.0. The Balaban J connectivity index is 1.53. The van der Waals surface area contributed by atoms with Gasteiger partial charge in [-0.1, -0.05) is 18.2 Å². The van der Waals surface area contributed by atoms with Gasteiger partial charge in [-0.2, -0.15) is 0 Å². The first-order valence-corrected chi connectivity index (χ1v) is 11.1. The van der Waals surface area contributed by atoms with Gasteiger partial charge in [0.05, 0.1) is 26.3 Å². The van der Waals surface area contributed by atoms with Crippen LogP contribution in [0.1, 0.15) is 23.1 Å². The normalized spacial score (nSPS) is 11.8. The van der Waals surface area contributed by atoms with Gasteiger partial charge in [0.1, 0.15) is 22.7 Å². The minimum absolute atomic E-state index is 0.0547. The van der Waals surface area contributed by atoms with E-state index in [1.54, 1.807) is 56.4 Å². The predicted molar refractivity (Wildman–Crippen MR) is 124 cm³/mol. The molecule has 0 saturated carbocycles. The largest absolute Gasteiger partial charge is 0.493 e. The van der Waals surface area contributed by atoms with Crippen molar-refractivity contribution < 1.29 is 18.7 Å². The SMILES string of the molecule is COc1ccc(-c2nc(CC(=O)NC(c3ccccc3F)c3nccn3C)cs2)cc1OC. The van der Waals surface area contributed by atoms with Crippen LogP contribution in [0.2, 0.25) is 0 Å². The average molecular weight is 467 g/mol. The number of methoxy groups -OCH3 is 2. The quantitative estimate of drug-likeness (QED) is 0.422. The zero-order valence-corrected chi connectivity index (χ0v) is 19.2. The van der Waals surface area contributed by atoms with E-state index in [2.05, 4.69) is 15.3 Å². The highest BCUT2D eigenvalue weighted by Crippen LogP contribution is 2.33. The summed E-state index contributed by atoms with van der Waals surface area (Å²) in [5.74, 6) is 1.08. The number of halogens is 1. The molecule has 0 aliphatic rings. The number of amides is 1. The summed E-state index contributed by atoms with van der Waals surface area (Å²) in [7, 11) is 4.96. The summed E-state index contributed by atoms with van der Waals surface area (Å²) >= 11 is 1.43. The van der Waals surface area contributed by atoms with Gasteiger partial charge in [0, 0.05) is 35.9 Å². The van der Waals surface area contributed by atoms with Crippen LogP contribution in [-0.2, 0) is 18.3 Å². The van der Waals surface area contributed by atoms with Crippen LogP contribution in [0.3, 0.4) is 0 Å². The highest BCUT2D eigenvalue weighted by atomic mass is 32.1. The van der Waals surface area contributed by atoms with Crippen LogP contribution < -0.4 is 14.8 Å². The van der Waals surface area contributed by atoms with Crippen LogP contribution in [0.15, 0.2) is 60.2 Å². The Morgan fingerprint density at radius 3 is 2.67 bits per heavy atom. The molecule has 4 rings (SSSR count). The molecule has 0 spiro atoms. The molecule has 0 aliphatic carbocycles. The van der Waals surface area contributed by atoms with Crippen molar-refractivity contribution in [3.8, 4) is 22.1 Å². The number of imidazole rings is 1. The molecule has 33 heavy (non-hydrogen) atoms. The Morgan fingerprint density at radius 2 is 1.97 bits per heavy atom. The van der Waals surface area contributed by atoms with E-state index >= 15 is 0 Å². The lowest BCUT2D eigenvalue weighted by Gasteiger charge is -2.19. The van der Waals surface area contributed by atoms with Crippen molar-refractivity contribution >= 4 is 17.2 Å². The Hall–Kier alpha value is -3.72. The molecule has 1 amide bonds. The number of hydrogen-bond acceptors (Lipinski definition) is 6. The second-order valence-corrected chi connectivity index (χ2v) is 8.17. The van der Waals surface area contributed by atoms with Crippen LogP contribution in [-0.4, -0.2) is 34.7 Å². The van der Waals surface area contributed by atoms with Gasteiger partial charge in [-0.05, 0) is 24.3 Å². The molecule has 2 aromatic carbocycles. The number of benzene rings is 2. The van der Waals surface area contributed by atoms with Gasteiger partial charge in [0.15, 0.2) is 11.5 Å². The fourth-order valence-electron chi connectivity index (χ4n) is 3.51. The topological polar surface area (TPSA) is 78.3 Å². The summed E-state index contributed by atoms with van der Waals surface area (Å²) in [6.07, 6.45) is 3.43. The van der Waals surface area contributed by atoms with Gasteiger partial charge in [-0.15, -0.1) is 11.3 Å². The van der Waals surface area contributed by atoms with Gasteiger partial charge >= 0.3 is 0 Å². The minimum Gasteiger partial charge on any atom is -0.493 e. The smallest absolute Gasteiger partial charge is 0.226 e. The lowest BCUT2D eigenvalue weighted by Crippen LogP contribution is -2.32. The first-order valence-electron chi connectivity index (χ1n) is 10.2. The van der Waals surface area contributed by atoms with Crippen LogP contribution >= 0.6 is 11.3 Å². The number of hydrogen-bond donors (Lipinski definition) is 1. The summed E-state index contributed by atoms with van der Waals surface area (Å²) in [6, 6.07) is 11.2. The molecule has 170 valence electrons. The molecule has 4 aromatic rings. The molecule has 7 nitrogen and oxygen atoms in total. The van der Waals surface area contributed by atoms with Crippen molar-refractivity contribution in [2.45, 2.75) is 12.5 Å². The molecule has 0 bridgehead atoms. The third kappa shape index (κ3) is 4.88. The average Bonchev–Trinajstić information content (AvgIpc) is 3.46. The Kier molecular flexibility index (Phi) is 6.69. The van der Waals surface area contributed by atoms with Gasteiger partial charge in [-0.3, -0.25) is 4.79 Å². The van der Waals surface area contributed by atoms with E-state index in [4.69, 9.17) is 9.47 Å². The molecule has 0 saturated heterocycles. The van der Waals surface area contributed by atoms with Gasteiger partial charge in [0.2, 0.25) is 5.91 Å². The molecule has 1 unspecified atom stereocenters. The maximum atomic E-state index is 14.5. The van der Waals surface area contributed by atoms with E-state index in [-0.39, 0.29) is 12.3 Å². The van der Waals surface area contributed by atoms with Crippen molar-refractivity contribution in [2.75, 3.05) is 14.2 Å². The van der Waals surface area contributed by atoms with Crippen molar-refractivity contribution in [2.24, 2.45) is 7.05 Å². The molecular weight excluding hydrogens is 443 g/mol. The standard InChI is InChI=1S/C24H23FN4O3S/c1-29-11-10-26-23(29)22(17-6-4-5-7-18(17)25)28-21(30)13-16-14-33-24(27-16)15-8-9-19(31-2)20(12-15)32-3/h4-12,14,22H,13H2,1-3H3,(H,28,30). The maximum absolute atomic E-state index is 14.5. The van der Waals surface area contributed by atoms with Crippen LogP contribution in [0.4, 0.5) is 4.39 Å². The number of carbonyl (C=O) groups is 1. The van der Waals surface area contributed by atoms with E-state index in [1.807, 2.05) is 23.6 Å². The maximum Gasteiger partial charge on any atom is 0.226 e. The molecule has 0 aliphatic heterocycles. The number of nitrogens with one attached hydrogen (secondary N) is 1. The van der Waals surface area contributed by atoms with E-state index in [1.165, 1.54) is 17.4 Å². The molecule has 0 radical (unpaired) electrons. The number of thiazole rings is 1. The molecular formula is C24H23FN4O3S. The molecule has 2 aromatic heterocycles. The summed E-state index contributed by atoms with van der Waals surface area (Å²) < 4.78 is 26.9. The molecule has 2 heterocycles. The fraction of sp³-hybridized carbons (Fsp3) is 0.208. The molecule has 1 N–H and O–H groups in total. The summed E-state index contributed by atoms with van der Waals surface area (Å²) in [5.41, 5.74) is 1.83. The Labute approximate surface area is 194 Å². The van der Waals surface area contributed by atoms with Gasteiger partial charge in [-0.25, -0.2) is 14.4 Å². The van der Waals surface area contributed by atoms with Crippen molar-refractivity contribution in [1.29, 1.82) is 0 Å². The van der Waals surface area contributed by atoms with Crippen LogP contribution in [0.25, 0.3) is 10.6 Å². The molecule has 1 atom stereocenters. The van der Waals surface area contributed by atoms with Crippen molar-refractivity contribution in [1.82, 2.24) is 19.9 Å². The minimum atomic E-state index is -0.720. The first kappa shape index (κ1) is 22.5. The number of carbonyl (C=O) groups excluding carboxylic acids is 1. The van der Waals surface area contributed by atoms with Crippen molar-refractivity contribution in [3.05, 3.63) is 83.1 Å². The van der Waals surface area contributed by atoms with Crippen LogP contribution in [0, 0.1) is 5.82 Å². The van der Waals surface area contributed by atoms with Crippen molar-refractivity contribution in [3.63, 3.8) is 0 Å². The summed E-state index contributed by atoms with van der Waals surface area (Å²) in [6.45, 7) is 0. The van der Waals surface area contributed by atoms with E-state index < -0.39 is 11.9 Å². The monoisotopic (exact) mass is 466 g/mol. The third-order valence-corrected chi connectivity index (χ3v) is 6.10. The lowest BCUT2D eigenvalue weighted by molar-refractivity contribution is -0.121. The van der Waals surface area contributed by atoms with E-state index in [0.717, 1.165) is 10.6 Å². The Bertz CT molecular complexity index is 1270. The zero-order valence-electron chi connectivity index (χ0n) is 18.4. The number of ether oxygens (including phenoxy) is 2. The zero-order chi connectivity index (χ0) is 23.4. The van der Waals surface area contributed by atoms with E-state index in [9.17, 15) is 9.18 Å². The highest BCUT2D eigenvalue weighted by molar-refractivity contribution is 7.13. The van der Waals surface area contributed by atoms with Crippen LogP contribution in [0.5, 0.6) is 11.5 Å². The predicted octanol–water partition coefficient (Wildman–Crippen LogP) is 4.15. The number of nitrogens with zero attached hydrogens (tertiary/aromatic N) is 3.